The molecule has 7 aromatic carbocycles. The summed E-state index contributed by atoms with van der Waals surface area (Å²) in [6.07, 6.45) is 0.946. The summed E-state index contributed by atoms with van der Waals surface area (Å²) in [5, 5.41) is 8.89. The van der Waals surface area contributed by atoms with Crippen LogP contribution in [0.3, 0.4) is 0 Å². The minimum atomic E-state index is 0.839. The molecule has 0 N–H and O–H groups in total. The van der Waals surface area contributed by atoms with Crippen molar-refractivity contribution >= 4 is 43.1 Å². The first-order chi connectivity index (χ1) is 21.7. The van der Waals surface area contributed by atoms with Crippen molar-refractivity contribution in [2.75, 3.05) is 14.2 Å². The van der Waals surface area contributed by atoms with Crippen LogP contribution in [0.2, 0.25) is 0 Å². The molecule has 0 amide bonds. The predicted octanol–water partition coefficient (Wildman–Crippen LogP) is 9.68. The molecule has 7 rings (SSSR count). The molecule has 2 nitrogen and oxygen atoms in total. The summed E-state index contributed by atoms with van der Waals surface area (Å²) in [5.41, 5.74) is 5.30. The van der Waals surface area contributed by atoms with Gasteiger partial charge >= 0.3 is 0 Å². The zero-order chi connectivity index (χ0) is 30.0. The molecule has 0 saturated carbocycles. The number of hydrogen-bond donors (Lipinski definition) is 0. The van der Waals surface area contributed by atoms with E-state index in [0.717, 1.165) is 83.3 Å². The van der Waals surface area contributed by atoms with Gasteiger partial charge in [0.25, 0.3) is 0 Å². The van der Waals surface area contributed by atoms with Gasteiger partial charge in [0.05, 0.1) is 14.2 Å². The maximum absolute atomic E-state index is 5.45. The Morgan fingerprint density at radius 1 is 0.455 bits per heavy atom. The number of rotatable bonds is 3. The molecule has 0 aliphatic carbocycles. The molecule has 7 aromatic rings. The Morgan fingerprint density at radius 3 is 1.48 bits per heavy atom. The molecule has 2 heteroatoms. The van der Waals surface area contributed by atoms with Gasteiger partial charge in [-0.3, -0.25) is 0 Å². The quantitative estimate of drug-likeness (QED) is 0.157. The summed E-state index contributed by atoms with van der Waals surface area (Å²) in [5.74, 6) is 15.9. The second kappa shape index (κ2) is 11.5. The van der Waals surface area contributed by atoms with Crippen molar-refractivity contribution in [3.63, 3.8) is 0 Å². The maximum Gasteiger partial charge on any atom is 0.119 e. The van der Waals surface area contributed by atoms with Gasteiger partial charge in [-0.2, -0.15) is 0 Å². The van der Waals surface area contributed by atoms with E-state index in [4.69, 9.17) is 9.47 Å². The fourth-order valence-electron chi connectivity index (χ4n) is 5.97. The second-order valence-electron chi connectivity index (χ2n) is 10.8. The third kappa shape index (κ3) is 4.88. The zero-order valence-corrected chi connectivity index (χ0v) is 25.0. The summed E-state index contributed by atoms with van der Waals surface area (Å²) >= 11 is 0. The molecule has 0 aliphatic heterocycles. The van der Waals surface area contributed by atoms with E-state index in [9.17, 15) is 0 Å². The lowest BCUT2D eigenvalue weighted by atomic mass is 9.90. The van der Waals surface area contributed by atoms with E-state index < -0.39 is 0 Å². The summed E-state index contributed by atoms with van der Waals surface area (Å²) < 4.78 is 10.9. The van der Waals surface area contributed by atoms with Crippen LogP contribution in [0.1, 0.15) is 34.7 Å². The first-order valence-corrected chi connectivity index (χ1v) is 14.8. The lowest BCUT2D eigenvalue weighted by Gasteiger charge is -2.12. The highest BCUT2D eigenvalue weighted by molar-refractivity contribution is 6.10. The molecule has 0 aromatic heterocycles. The molecule has 0 atom stereocenters. The number of aryl methyl sites for hydroxylation is 1. The third-order valence-corrected chi connectivity index (χ3v) is 8.32. The van der Waals surface area contributed by atoms with Crippen molar-refractivity contribution in [1.82, 2.24) is 0 Å². The molecule has 0 heterocycles. The Balaban J connectivity index is 1.45. The average Bonchev–Trinajstić information content (AvgIpc) is 3.08. The molecular formula is C42H30O2. The Morgan fingerprint density at radius 2 is 0.955 bits per heavy atom. The van der Waals surface area contributed by atoms with Gasteiger partial charge in [0.15, 0.2) is 0 Å². The van der Waals surface area contributed by atoms with Crippen LogP contribution in [0, 0.1) is 23.7 Å². The van der Waals surface area contributed by atoms with Gasteiger partial charge in [-0.15, -0.1) is 0 Å². The van der Waals surface area contributed by atoms with E-state index in [1.165, 1.54) is 5.56 Å². The van der Waals surface area contributed by atoms with Crippen molar-refractivity contribution < 1.29 is 9.47 Å². The Bertz CT molecular complexity index is 2360. The number of ether oxygens (including phenoxy) is 2. The van der Waals surface area contributed by atoms with Crippen LogP contribution in [0.15, 0.2) is 115 Å². The van der Waals surface area contributed by atoms with Crippen LogP contribution in [0.4, 0.5) is 0 Å². The van der Waals surface area contributed by atoms with E-state index in [1.807, 2.05) is 12.1 Å². The van der Waals surface area contributed by atoms with E-state index in [2.05, 4.69) is 134 Å². The van der Waals surface area contributed by atoms with Crippen LogP contribution in [0.5, 0.6) is 11.5 Å². The smallest absolute Gasteiger partial charge is 0.119 e. The van der Waals surface area contributed by atoms with E-state index in [-0.39, 0.29) is 0 Å². The van der Waals surface area contributed by atoms with Gasteiger partial charge in [0.2, 0.25) is 0 Å². The molecule has 0 aliphatic rings. The lowest BCUT2D eigenvalue weighted by Crippen LogP contribution is -1.92. The molecule has 44 heavy (non-hydrogen) atoms. The van der Waals surface area contributed by atoms with Crippen molar-refractivity contribution in [2.45, 2.75) is 13.3 Å². The monoisotopic (exact) mass is 566 g/mol. The molecule has 0 saturated heterocycles. The fraction of sp³-hybridized carbons (Fsp3) is 0.0952. The topological polar surface area (TPSA) is 18.5 Å². The SMILES string of the molecule is CCc1ccc2c(C#Cc3cccc4cc(OC)ccc34)c3ccccc3c(C#Cc3cccc4cc(OC)ccc34)c2c1. The van der Waals surface area contributed by atoms with Gasteiger partial charge in [-0.05, 0) is 110 Å². The molecule has 0 unspecified atom stereocenters. The van der Waals surface area contributed by atoms with Crippen LogP contribution < -0.4 is 9.47 Å². The zero-order valence-electron chi connectivity index (χ0n) is 25.0. The largest absolute Gasteiger partial charge is 0.497 e. The predicted molar refractivity (Wildman–Crippen MR) is 184 cm³/mol. The molecule has 0 fully saturated rings. The van der Waals surface area contributed by atoms with Crippen LogP contribution in [-0.2, 0) is 6.42 Å². The Labute approximate surface area is 257 Å². The average molecular weight is 567 g/mol. The normalized spacial score (nSPS) is 10.8. The number of benzene rings is 7. The van der Waals surface area contributed by atoms with E-state index >= 15 is 0 Å². The van der Waals surface area contributed by atoms with Crippen LogP contribution >= 0.6 is 0 Å². The summed E-state index contributed by atoms with van der Waals surface area (Å²) in [4.78, 5) is 0. The molecule has 0 radical (unpaired) electrons. The second-order valence-corrected chi connectivity index (χ2v) is 10.8. The summed E-state index contributed by atoms with van der Waals surface area (Å²) in [6, 6.07) is 40.0. The first-order valence-electron chi connectivity index (χ1n) is 14.8. The molecule has 0 spiro atoms. The minimum absolute atomic E-state index is 0.839. The maximum atomic E-state index is 5.45. The number of methoxy groups -OCH3 is 2. The third-order valence-electron chi connectivity index (χ3n) is 8.32. The van der Waals surface area contributed by atoms with E-state index in [0.29, 0.717) is 0 Å². The minimum Gasteiger partial charge on any atom is -0.497 e. The lowest BCUT2D eigenvalue weighted by molar-refractivity contribution is 0.415. The fourth-order valence-corrected chi connectivity index (χ4v) is 5.97. The van der Waals surface area contributed by atoms with Gasteiger partial charge in [-0.25, -0.2) is 0 Å². The van der Waals surface area contributed by atoms with Gasteiger partial charge in [-0.1, -0.05) is 91.3 Å². The number of hydrogen-bond acceptors (Lipinski definition) is 2. The first kappa shape index (κ1) is 27.2. The summed E-state index contributed by atoms with van der Waals surface area (Å²) in [7, 11) is 3.39. The van der Waals surface area contributed by atoms with Crippen LogP contribution in [0.25, 0.3) is 43.1 Å². The highest BCUT2D eigenvalue weighted by Crippen LogP contribution is 2.34. The Kier molecular flexibility index (Phi) is 7.11. The standard InChI is InChI=1S/C42H30O2/c1-4-28-15-20-40-39(21-16-29-9-7-11-31-26-33(43-2)18-23-35(29)31)37-13-5-6-14-38(37)41(42(40)25-28)22-17-30-10-8-12-32-27-34(44-3)19-24-36(30)32/h5-15,18-20,23-27H,4H2,1-3H3. The van der Waals surface area contributed by atoms with Crippen molar-refractivity contribution in [3.05, 3.63) is 143 Å². The highest BCUT2D eigenvalue weighted by Gasteiger charge is 2.13. The Hall–Kier alpha value is -5.70. The molecule has 210 valence electrons. The summed E-state index contributed by atoms with van der Waals surface area (Å²) in [6.45, 7) is 2.19. The van der Waals surface area contributed by atoms with Gasteiger partial charge < -0.3 is 9.47 Å². The van der Waals surface area contributed by atoms with E-state index in [1.54, 1.807) is 14.2 Å². The van der Waals surface area contributed by atoms with Gasteiger partial charge in [0, 0.05) is 22.3 Å². The highest BCUT2D eigenvalue weighted by atomic mass is 16.5. The van der Waals surface area contributed by atoms with Gasteiger partial charge in [0.1, 0.15) is 11.5 Å². The molecule has 0 bridgehead atoms. The van der Waals surface area contributed by atoms with Crippen molar-refractivity contribution in [3.8, 4) is 35.2 Å². The number of fused-ring (bicyclic) bond motifs is 4. The van der Waals surface area contributed by atoms with Crippen LogP contribution in [-0.4, -0.2) is 14.2 Å². The van der Waals surface area contributed by atoms with Crippen molar-refractivity contribution in [2.24, 2.45) is 0 Å². The molecular weight excluding hydrogens is 536 g/mol. The van der Waals surface area contributed by atoms with Crippen molar-refractivity contribution in [1.29, 1.82) is 0 Å².